The minimum Gasteiger partial charge on any atom is -0.325 e. The predicted octanol–water partition coefficient (Wildman–Crippen LogP) is 3.31. The van der Waals surface area contributed by atoms with Crippen LogP contribution in [0.2, 0.25) is 0 Å². The van der Waals surface area contributed by atoms with Crippen LogP contribution in [0.1, 0.15) is 12.5 Å². The van der Waals surface area contributed by atoms with Gasteiger partial charge in [0.2, 0.25) is 11.8 Å². The highest BCUT2D eigenvalue weighted by Crippen LogP contribution is 2.20. The number of likely N-dealkylation sites (N-methyl/N-ethyl adjacent to an activating group) is 1. The summed E-state index contributed by atoms with van der Waals surface area (Å²) in [6.45, 7) is 3.34. The Morgan fingerprint density at radius 1 is 1.00 bits per heavy atom. The molecule has 0 spiro atoms. The second kappa shape index (κ2) is 8.68. The zero-order valence-corrected chi connectivity index (χ0v) is 15.1. The van der Waals surface area contributed by atoms with Crippen LogP contribution in [0.3, 0.4) is 0 Å². The van der Waals surface area contributed by atoms with Gasteiger partial charge in [-0.3, -0.25) is 14.5 Å². The SMILES string of the molecule is Cc1ccc(NC(=O)CN(C)[C@@H](C)C(=O)Nc2ccc(F)c(F)c2F)cc1. The first-order valence-corrected chi connectivity index (χ1v) is 8.20. The molecule has 27 heavy (non-hydrogen) atoms. The molecule has 144 valence electrons. The van der Waals surface area contributed by atoms with Crippen LogP contribution in [0.5, 0.6) is 0 Å². The van der Waals surface area contributed by atoms with Crippen molar-refractivity contribution in [3.63, 3.8) is 0 Å². The molecule has 0 aliphatic rings. The standard InChI is InChI=1S/C19H20F3N3O2/c1-11-4-6-13(7-5-11)23-16(26)10-25(3)12(2)19(27)24-15-9-8-14(20)17(21)18(15)22/h4-9,12H,10H2,1-3H3,(H,23,26)(H,24,27)/t12-/m0/s1. The van der Waals surface area contributed by atoms with Gasteiger partial charge in [0.05, 0.1) is 18.3 Å². The Morgan fingerprint density at radius 2 is 1.63 bits per heavy atom. The fraction of sp³-hybridized carbons (Fsp3) is 0.263. The number of amides is 2. The number of hydrogen-bond donors (Lipinski definition) is 2. The molecule has 5 nitrogen and oxygen atoms in total. The van der Waals surface area contributed by atoms with Gasteiger partial charge in [0, 0.05) is 5.69 Å². The summed E-state index contributed by atoms with van der Waals surface area (Å²) >= 11 is 0. The van der Waals surface area contributed by atoms with Gasteiger partial charge in [0.15, 0.2) is 17.5 Å². The summed E-state index contributed by atoms with van der Waals surface area (Å²) in [6.07, 6.45) is 0. The summed E-state index contributed by atoms with van der Waals surface area (Å²) in [5.74, 6) is -5.48. The summed E-state index contributed by atoms with van der Waals surface area (Å²) < 4.78 is 39.8. The van der Waals surface area contributed by atoms with E-state index in [9.17, 15) is 22.8 Å². The van der Waals surface area contributed by atoms with Gasteiger partial charge in [-0.25, -0.2) is 13.2 Å². The maximum Gasteiger partial charge on any atom is 0.241 e. The van der Waals surface area contributed by atoms with Crippen molar-refractivity contribution in [3.8, 4) is 0 Å². The van der Waals surface area contributed by atoms with E-state index in [4.69, 9.17) is 0 Å². The quantitative estimate of drug-likeness (QED) is 0.757. The van der Waals surface area contributed by atoms with Gasteiger partial charge in [-0.1, -0.05) is 17.7 Å². The van der Waals surface area contributed by atoms with E-state index < -0.39 is 35.1 Å². The number of nitrogens with one attached hydrogen (secondary N) is 2. The van der Waals surface area contributed by atoms with Crippen LogP contribution in [0, 0.1) is 24.4 Å². The van der Waals surface area contributed by atoms with E-state index in [1.165, 1.54) is 11.8 Å². The number of anilines is 2. The molecule has 0 aromatic heterocycles. The van der Waals surface area contributed by atoms with Gasteiger partial charge in [-0.2, -0.15) is 0 Å². The largest absolute Gasteiger partial charge is 0.325 e. The highest BCUT2D eigenvalue weighted by atomic mass is 19.2. The van der Waals surface area contributed by atoms with Crippen molar-refractivity contribution in [2.24, 2.45) is 0 Å². The fourth-order valence-corrected chi connectivity index (χ4v) is 2.26. The molecule has 8 heteroatoms. The number of hydrogen-bond acceptors (Lipinski definition) is 3. The highest BCUT2D eigenvalue weighted by molar-refractivity contribution is 5.96. The Hall–Kier alpha value is -2.87. The van der Waals surface area contributed by atoms with E-state index in [0.717, 1.165) is 17.7 Å². The molecule has 2 aromatic carbocycles. The maximum atomic E-state index is 13.7. The average Bonchev–Trinajstić information content (AvgIpc) is 2.63. The molecule has 2 N–H and O–H groups in total. The minimum atomic E-state index is -1.66. The van der Waals surface area contributed by atoms with Gasteiger partial charge in [-0.15, -0.1) is 0 Å². The lowest BCUT2D eigenvalue weighted by molar-refractivity contribution is -0.122. The molecule has 0 saturated carbocycles. The van der Waals surface area contributed by atoms with Crippen molar-refractivity contribution in [1.29, 1.82) is 0 Å². The zero-order valence-electron chi connectivity index (χ0n) is 15.1. The summed E-state index contributed by atoms with van der Waals surface area (Å²) in [7, 11) is 1.54. The van der Waals surface area contributed by atoms with Gasteiger partial charge >= 0.3 is 0 Å². The topological polar surface area (TPSA) is 61.4 Å². The summed E-state index contributed by atoms with van der Waals surface area (Å²) in [5.41, 5.74) is 1.21. The van der Waals surface area contributed by atoms with E-state index in [2.05, 4.69) is 10.6 Å². The number of benzene rings is 2. The molecule has 0 aliphatic carbocycles. The Kier molecular flexibility index (Phi) is 6.57. The van der Waals surface area contributed by atoms with Crippen molar-refractivity contribution in [2.75, 3.05) is 24.2 Å². The number of carbonyl (C=O) groups is 2. The third-order valence-electron chi connectivity index (χ3n) is 4.06. The highest BCUT2D eigenvalue weighted by Gasteiger charge is 2.22. The van der Waals surface area contributed by atoms with Crippen molar-refractivity contribution in [1.82, 2.24) is 4.90 Å². The summed E-state index contributed by atoms with van der Waals surface area (Å²) in [4.78, 5) is 25.7. The first kappa shape index (κ1) is 20.4. The third-order valence-corrected chi connectivity index (χ3v) is 4.06. The molecule has 2 rings (SSSR count). The molecule has 0 fully saturated rings. The molecule has 1 atom stereocenters. The van der Waals surface area contributed by atoms with Gasteiger partial charge in [0.25, 0.3) is 0 Å². The Labute approximate surface area is 155 Å². The summed E-state index contributed by atoms with van der Waals surface area (Å²) in [5, 5.41) is 4.90. The van der Waals surface area contributed by atoms with E-state index >= 15 is 0 Å². The van der Waals surface area contributed by atoms with Crippen molar-refractivity contribution in [2.45, 2.75) is 19.9 Å². The normalized spacial score (nSPS) is 12.0. The van der Waals surface area contributed by atoms with E-state index in [1.54, 1.807) is 19.2 Å². The monoisotopic (exact) mass is 379 g/mol. The van der Waals surface area contributed by atoms with Crippen LogP contribution in [-0.4, -0.2) is 36.3 Å². The lowest BCUT2D eigenvalue weighted by atomic mass is 10.2. The average molecular weight is 379 g/mol. The number of halogens is 3. The molecule has 0 bridgehead atoms. The zero-order chi connectivity index (χ0) is 20.1. The van der Waals surface area contributed by atoms with Crippen molar-refractivity contribution >= 4 is 23.2 Å². The lowest BCUT2D eigenvalue weighted by Gasteiger charge is -2.23. The van der Waals surface area contributed by atoms with Crippen molar-refractivity contribution in [3.05, 3.63) is 59.4 Å². The van der Waals surface area contributed by atoms with Crippen LogP contribution in [-0.2, 0) is 9.59 Å². The Balaban J connectivity index is 1.94. The second-order valence-corrected chi connectivity index (χ2v) is 6.22. The van der Waals surface area contributed by atoms with Crippen molar-refractivity contribution < 1.29 is 22.8 Å². The van der Waals surface area contributed by atoms with Crippen LogP contribution < -0.4 is 10.6 Å². The number of nitrogens with zero attached hydrogens (tertiary/aromatic N) is 1. The summed E-state index contributed by atoms with van der Waals surface area (Å²) in [6, 6.07) is 8.06. The first-order chi connectivity index (χ1) is 12.7. The van der Waals surface area contributed by atoms with E-state index in [0.29, 0.717) is 5.69 Å². The molecule has 2 amide bonds. The number of rotatable bonds is 6. The minimum absolute atomic E-state index is 0.0945. The van der Waals surface area contributed by atoms with E-state index in [-0.39, 0.29) is 12.5 Å². The van der Waals surface area contributed by atoms with Gasteiger partial charge < -0.3 is 10.6 Å². The second-order valence-electron chi connectivity index (χ2n) is 6.22. The van der Waals surface area contributed by atoms with Crippen LogP contribution in [0.4, 0.5) is 24.5 Å². The number of aryl methyl sites for hydroxylation is 1. The Bertz CT molecular complexity index is 841. The molecular weight excluding hydrogens is 359 g/mol. The molecule has 0 radical (unpaired) electrons. The van der Waals surface area contributed by atoms with Crippen LogP contribution >= 0.6 is 0 Å². The molecule has 2 aromatic rings. The fourth-order valence-electron chi connectivity index (χ4n) is 2.26. The Morgan fingerprint density at radius 3 is 2.26 bits per heavy atom. The van der Waals surface area contributed by atoms with E-state index in [1.807, 2.05) is 19.1 Å². The molecule has 0 heterocycles. The number of carbonyl (C=O) groups excluding carboxylic acids is 2. The lowest BCUT2D eigenvalue weighted by Crippen LogP contribution is -2.43. The third kappa shape index (κ3) is 5.30. The predicted molar refractivity (Wildman–Crippen MR) is 96.8 cm³/mol. The van der Waals surface area contributed by atoms with Gasteiger partial charge in [-0.05, 0) is 45.2 Å². The van der Waals surface area contributed by atoms with Crippen LogP contribution in [0.25, 0.3) is 0 Å². The van der Waals surface area contributed by atoms with Crippen LogP contribution in [0.15, 0.2) is 36.4 Å². The molecular formula is C19H20F3N3O2. The first-order valence-electron chi connectivity index (χ1n) is 8.20. The molecule has 0 saturated heterocycles. The molecule has 0 aliphatic heterocycles. The maximum absolute atomic E-state index is 13.7. The van der Waals surface area contributed by atoms with Gasteiger partial charge in [0.1, 0.15) is 0 Å². The molecule has 0 unspecified atom stereocenters. The smallest absolute Gasteiger partial charge is 0.241 e.